The lowest BCUT2D eigenvalue weighted by atomic mass is 9.90. The first-order valence-electron chi connectivity index (χ1n) is 13.2. The minimum absolute atomic E-state index is 0.0336. The third-order valence-electron chi connectivity index (χ3n) is 6.90. The number of methoxy groups -OCH3 is 1. The van der Waals surface area contributed by atoms with Gasteiger partial charge in [0.2, 0.25) is 5.91 Å². The summed E-state index contributed by atoms with van der Waals surface area (Å²) in [7, 11) is 1.36. The van der Waals surface area contributed by atoms with Gasteiger partial charge in [-0.1, -0.05) is 51.6 Å². The molecule has 0 radical (unpaired) electrons. The Kier molecular flexibility index (Phi) is 8.99. The number of carbonyl (C=O) groups excluding carboxylic acids is 2. The van der Waals surface area contributed by atoms with Crippen molar-refractivity contribution in [2.75, 3.05) is 55.8 Å². The molecule has 2 heterocycles. The van der Waals surface area contributed by atoms with Crippen LogP contribution in [0.4, 0.5) is 11.4 Å². The molecule has 0 atom stereocenters. The van der Waals surface area contributed by atoms with Crippen molar-refractivity contribution in [1.29, 1.82) is 0 Å². The summed E-state index contributed by atoms with van der Waals surface area (Å²) in [6.07, 6.45) is 0. The molecule has 9 heteroatoms. The molecular formula is C29H38N4O4S. The van der Waals surface area contributed by atoms with E-state index in [2.05, 4.69) is 59.9 Å². The molecule has 1 amide bonds. The van der Waals surface area contributed by atoms with E-state index in [9.17, 15) is 9.59 Å². The highest BCUT2D eigenvalue weighted by atomic mass is 32.2. The number of carbonyl (C=O) groups is 2. The molecule has 1 fully saturated rings. The molecule has 0 bridgehead atoms. The van der Waals surface area contributed by atoms with Gasteiger partial charge in [-0.3, -0.25) is 9.69 Å². The summed E-state index contributed by atoms with van der Waals surface area (Å²) in [6.45, 7) is 15.0. The van der Waals surface area contributed by atoms with Gasteiger partial charge in [0.25, 0.3) is 5.22 Å². The monoisotopic (exact) mass is 538 g/mol. The van der Waals surface area contributed by atoms with E-state index in [0.29, 0.717) is 27.8 Å². The second kappa shape index (κ2) is 12.2. The number of ether oxygens (including phenoxy) is 1. The molecule has 4 rings (SSSR count). The van der Waals surface area contributed by atoms with Crippen molar-refractivity contribution in [2.45, 2.75) is 51.7 Å². The van der Waals surface area contributed by atoms with Crippen LogP contribution in [0.2, 0.25) is 0 Å². The normalized spacial score (nSPS) is 14.5. The Labute approximate surface area is 229 Å². The van der Waals surface area contributed by atoms with Crippen molar-refractivity contribution in [2.24, 2.45) is 0 Å². The van der Waals surface area contributed by atoms with E-state index in [-0.39, 0.29) is 11.8 Å². The highest BCUT2D eigenvalue weighted by Crippen LogP contribution is 2.40. The summed E-state index contributed by atoms with van der Waals surface area (Å²) in [6, 6.07) is 9.72. The van der Waals surface area contributed by atoms with Crippen LogP contribution in [-0.4, -0.2) is 67.3 Å². The lowest BCUT2D eigenvalue weighted by Crippen LogP contribution is -2.47. The first kappa shape index (κ1) is 28.0. The zero-order chi connectivity index (χ0) is 27.4. The van der Waals surface area contributed by atoms with Crippen LogP contribution in [-0.2, 0) is 9.53 Å². The highest BCUT2D eigenvalue weighted by molar-refractivity contribution is 7.99. The zero-order valence-corrected chi connectivity index (χ0v) is 24.0. The maximum absolute atomic E-state index is 12.0. The number of benzene rings is 2. The third kappa shape index (κ3) is 6.15. The van der Waals surface area contributed by atoms with Crippen molar-refractivity contribution in [3.63, 3.8) is 0 Å². The molecule has 1 aromatic heterocycles. The Morgan fingerprint density at radius 2 is 1.82 bits per heavy atom. The molecule has 1 aliphatic rings. The van der Waals surface area contributed by atoms with Gasteiger partial charge in [0, 0.05) is 62.3 Å². The van der Waals surface area contributed by atoms with E-state index in [0.717, 1.165) is 44.2 Å². The Balaban J connectivity index is 1.39. The molecule has 0 unspecified atom stereocenters. The number of hydrogen-bond donors (Lipinski definition) is 1. The number of hydrogen-bond acceptors (Lipinski definition) is 8. The molecule has 1 saturated heterocycles. The standard InChI is InChI=1S/C29H38N4O4S/c1-18(2)21-10-11-24(25(19(3)4)26(21)30-20(5)34)33-14-12-32(13-15-33)16-17-38-29-31-23-9-7-8-22(27(23)37-29)28(35)36-6/h7-11,18-19H,12-17H2,1-6H3,(H,30,34). The second-order valence-corrected chi connectivity index (χ2v) is 11.3. The summed E-state index contributed by atoms with van der Waals surface area (Å²) < 4.78 is 10.7. The molecular weight excluding hydrogens is 500 g/mol. The number of fused-ring (bicyclic) bond motifs is 1. The first-order valence-corrected chi connectivity index (χ1v) is 14.2. The van der Waals surface area contributed by atoms with Gasteiger partial charge in [-0.25, -0.2) is 9.78 Å². The zero-order valence-electron chi connectivity index (χ0n) is 23.2. The van der Waals surface area contributed by atoms with Gasteiger partial charge < -0.3 is 19.4 Å². The van der Waals surface area contributed by atoms with Gasteiger partial charge in [-0.15, -0.1) is 0 Å². The number of esters is 1. The van der Waals surface area contributed by atoms with Crippen molar-refractivity contribution in [1.82, 2.24) is 9.88 Å². The first-order chi connectivity index (χ1) is 18.2. The van der Waals surface area contributed by atoms with Crippen molar-refractivity contribution >= 4 is 46.1 Å². The van der Waals surface area contributed by atoms with Gasteiger partial charge >= 0.3 is 5.97 Å². The quantitative estimate of drug-likeness (QED) is 0.273. The average Bonchev–Trinajstić information content (AvgIpc) is 3.30. The number of anilines is 2. The lowest BCUT2D eigenvalue weighted by molar-refractivity contribution is -0.114. The van der Waals surface area contributed by atoms with E-state index >= 15 is 0 Å². The van der Waals surface area contributed by atoms with Crippen molar-refractivity contribution in [3.05, 3.63) is 47.0 Å². The molecule has 204 valence electrons. The van der Waals surface area contributed by atoms with Gasteiger partial charge in [-0.2, -0.15) is 0 Å². The van der Waals surface area contributed by atoms with Gasteiger partial charge in [0.1, 0.15) is 11.1 Å². The number of piperazine rings is 1. The molecule has 8 nitrogen and oxygen atoms in total. The second-order valence-electron chi connectivity index (χ2n) is 10.3. The Morgan fingerprint density at radius 1 is 1.08 bits per heavy atom. The van der Waals surface area contributed by atoms with Crippen LogP contribution >= 0.6 is 11.8 Å². The van der Waals surface area contributed by atoms with E-state index in [1.54, 1.807) is 30.8 Å². The largest absolute Gasteiger partial charge is 0.465 e. The maximum Gasteiger partial charge on any atom is 0.341 e. The average molecular weight is 539 g/mol. The van der Waals surface area contributed by atoms with Gasteiger partial charge in [0.05, 0.1) is 7.11 Å². The summed E-state index contributed by atoms with van der Waals surface area (Å²) in [4.78, 5) is 33.5. The fourth-order valence-corrected chi connectivity index (χ4v) is 5.85. The molecule has 0 aliphatic carbocycles. The fourth-order valence-electron chi connectivity index (χ4n) is 5.02. The molecule has 0 spiro atoms. The number of amides is 1. The topological polar surface area (TPSA) is 87.9 Å². The number of para-hydroxylation sites is 1. The summed E-state index contributed by atoms with van der Waals surface area (Å²) in [5.74, 6) is 0.994. The number of nitrogens with zero attached hydrogens (tertiary/aromatic N) is 3. The molecule has 1 N–H and O–H groups in total. The van der Waals surface area contributed by atoms with Crippen LogP contribution in [0.1, 0.15) is 67.9 Å². The van der Waals surface area contributed by atoms with Crippen LogP contribution in [0.3, 0.4) is 0 Å². The number of oxazole rings is 1. The maximum atomic E-state index is 12.0. The number of nitrogens with one attached hydrogen (secondary N) is 1. The molecule has 3 aromatic rings. The minimum Gasteiger partial charge on any atom is -0.465 e. The molecule has 38 heavy (non-hydrogen) atoms. The number of thioether (sulfide) groups is 1. The lowest BCUT2D eigenvalue weighted by Gasteiger charge is -2.38. The van der Waals surface area contributed by atoms with Crippen LogP contribution in [0.15, 0.2) is 40.0 Å². The predicted molar refractivity (Wildman–Crippen MR) is 154 cm³/mol. The molecule has 1 aliphatic heterocycles. The highest BCUT2D eigenvalue weighted by Gasteiger charge is 2.25. The Bertz CT molecular complexity index is 1300. The SMILES string of the molecule is COC(=O)c1cccc2nc(SCCN3CCN(c4ccc(C(C)C)c(NC(C)=O)c4C(C)C)CC3)oc12. The summed E-state index contributed by atoms with van der Waals surface area (Å²) >= 11 is 1.56. The minimum atomic E-state index is -0.426. The van der Waals surface area contributed by atoms with Gasteiger partial charge in [-0.05, 0) is 35.6 Å². The molecule has 2 aromatic carbocycles. The van der Waals surface area contributed by atoms with Gasteiger partial charge in [0.15, 0.2) is 5.58 Å². The van der Waals surface area contributed by atoms with E-state index < -0.39 is 5.97 Å². The van der Waals surface area contributed by atoms with Crippen LogP contribution in [0.5, 0.6) is 0 Å². The third-order valence-corrected chi connectivity index (χ3v) is 7.71. The van der Waals surface area contributed by atoms with E-state index in [1.807, 2.05) is 6.07 Å². The fraction of sp³-hybridized carbons (Fsp3) is 0.483. The predicted octanol–water partition coefficient (Wildman–Crippen LogP) is 5.73. The van der Waals surface area contributed by atoms with Crippen LogP contribution in [0, 0.1) is 0 Å². The van der Waals surface area contributed by atoms with E-state index in [1.165, 1.54) is 23.9 Å². The smallest absolute Gasteiger partial charge is 0.341 e. The van der Waals surface area contributed by atoms with Crippen LogP contribution in [0.25, 0.3) is 11.1 Å². The summed E-state index contributed by atoms with van der Waals surface area (Å²) in [5.41, 5.74) is 6.12. The molecule has 0 saturated carbocycles. The van der Waals surface area contributed by atoms with Crippen molar-refractivity contribution in [3.8, 4) is 0 Å². The number of aromatic nitrogens is 1. The Hall–Kier alpha value is -3.04. The van der Waals surface area contributed by atoms with E-state index in [4.69, 9.17) is 9.15 Å². The van der Waals surface area contributed by atoms with Crippen molar-refractivity contribution < 1.29 is 18.7 Å². The summed E-state index contributed by atoms with van der Waals surface area (Å²) in [5, 5.41) is 3.70. The number of rotatable bonds is 9. The van der Waals surface area contributed by atoms with Crippen LogP contribution < -0.4 is 10.2 Å². The Morgan fingerprint density at radius 3 is 2.45 bits per heavy atom.